The number of thiophene rings is 1. The van der Waals surface area contributed by atoms with Crippen LogP contribution in [0, 0.1) is 6.92 Å². The summed E-state index contributed by atoms with van der Waals surface area (Å²) >= 11 is 5.43. The Bertz CT molecular complexity index is 240. The molecular formula is C10H15BrS. The molecule has 1 aromatic heterocycles. The highest BCUT2D eigenvalue weighted by atomic mass is 79.9. The van der Waals surface area contributed by atoms with Gasteiger partial charge in [0.2, 0.25) is 0 Å². The molecule has 0 nitrogen and oxygen atoms in total. The highest BCUT2D eigenvalue weighted by Gasteiger charge is 2.11. The standard InChI is InChI=1S/C10H15BrS/c1-7(6-8(2)11)10-4-5-12-9(10)3/h4-5,7-8H,6H2,1-3H3. The molecule has 0 aliphatic heterocycles. The fourth-order valence-electron chi connectivity index (χ4n) is 1.52. The van der Waals surface area contributed by atoms with E-state index in [2.05, 4.69) is 48.1 Å². The van der Waals surface area contributed by atoms with Gasteiger partial charge in [-0.15, -0.1) is 11.3 Å². The Labute approximate surface area is 87.1 Å². The van der Waals surface area contributed by atoms with Crippen molar-refractivity contribution in [3.8, 4) is 0 Å². The van der Waals surface area contributed by atoms with E-state index in [4.69, 9.17) is 0 Å². The van der Waals surface area contributed by atoms with Crippen LogP contribution in [0.2, 0.25) is 0 Å². The number of alkyl halides is 1. The molecule has 0 saturated heterocycles. The van der Waals surface area contributed by atoms with Crippen molar-refractivity contribution in [1.82, 2.24) is 0 Å². The molecule has 0 aromatic carbocycles. The molecule has 1 rings (SSSR count). The second-order valence-corrected chi connectivity index (χ2v) is 6.03. The van der Waals surface area contributed by atoms with Crippen LogP contribution in [0.4, 0.5) is 0 Å². The number of hydrogen-bond acceptors (Lipinski definition) is 1. The van der Waals surface area contributed by atoms with Crippen molar-refractivity contribution in [2.75, 3.05) is 0 Å². The minimum atomic E-state index is 0.617. The van der Waals surface area contributed by atoms with Gasteiger partial charge in [0.1, 0.15) is 0 Å². The lowest BCUT2D eigenvalue weighted by molar-refractivity contribution is 0.681. The molecule has 2 heteroatoms. The first-order chi connectivity index (χ1) is 5.61. The molecule has 0 aliphatic carbocycles. The van der Waals surface area contributed by atoms with Crippen LogP contribution in [-0.4, -0.2) is 4.83 Å². The molecule has 0 amide bonds. The van der Waals surface area contributed by atoms with Crippen molar-refractivity contribution >= 4 is 27.3 Å². The van der Waals surface area contributed by atoms with Crippen molar-refractivity contribution < 1.29 is 0 Å². The lowest BCUT2D eigenvalue weighted by atomic mass is 9.97. The zero-order chi connectivity index (χ0) is 9.14. The van der Waals surface area contributed by atoms with Crippen LogP contribution in [0.25, 0.3) is 0 Å². The van der Waals surface area contributed by atoms with Crippen LogP contribution >= 0.6 is 27.3 Å². The van der Waals surface area contributed by atoms with Gasteiger partial charge in [0.05, 0.1) is 0 Å². The van der Waals surface area contributed by atoms with Gasteiger partial charge in [-0.3, -0.25) is 0 Å². The first-order valence-corrected chi connectivity index (χ1v) is 6.09. The van der Waals surface area contributed by atoms with Crippen LogP contribution in [0.5, 0.6) is 0 Å². The average molecular weight is 247 g/mol. The summed E-state index contributed by atoms with van der Waals surface area (Å²) in [4.78, 5) is 2.09. The number of halogens is 1. The third-order valence-corrected chi connectivity index (χ3v) is 3.34. The molecule has 0 radical (unpaired) electrons. The topological polar surface area (TPSA) is 0 Å². The molecule has 2 atom stereocenters. The lowest BCUT2D eigenvalue weighted by Gasteiger charge is -2.12. The lowest BCUT2D eigenvalue weighted by Crippen LogP contribution is -2.00. The molecule has 0 spiro atoms. The summed E-state index contributed by atoms with van der Waals surface area (Å²) in [7, 11) is 0. The molecule has 0 aliphatic rings. The fraction of sp³-hybridized carbons (Fsp3) is 0.600. The van der Waals surface area contributed by atoms with Crippen LogP contribution in [0.3, 0.4) is 0 Å². The van der Waals surface area contributed by atoms with Crippen molar-refractivity contribution in [3.05, 3.63) is 21.9 Å². The molecular weight excluding hydrogens is 232 g/mol. The van der Waals surface area contributed by atoms with E-state index in [0.717, 1.165) is 0 Å². The molecule has 0 saturated carbocycles. The van der Waals surface area contributed by atoms with Crippen LogP contribution < -0.4 is 0 Å². The Balaban J connectivity index is 2.65. The maximum absolute atomic E-state index is 3.59. The monoisotopic (exact) mass is 246 g/mol. The Morgan fingerprint density at radius 1 is 1.50 bits per heavy atom. The van der Waals surface area contributed by atoms with E-state index in [-0.39, 0.29) is 0 Å². The normalized spacial score (nSPS) is 16.0. The van der Waals surface area contributed by atoms with Gasteiger partial charge in [-0.1, -0.05) is 29.8 Å². The van der Waals surface area contributed by atoms with Crippen molar-refractivity contribution in [2.45, 2.75) is 37.9 Å². The average Bonchev–Trinajstić information content (AvgIpc) is 2.33. The second-order valence-electron chi connectivity index (χ2n) is 3.35. The smallest absolute Gasteiger partial charge is 0.0123 e. The maximum atomic E-state index is 3.59. The molecule has 2 unspecified atom stereocenters. The quantitative estimate of drug-likeness (QED) is 0.697. The fourth-order valence-corrected chi connectivity index (χ4v) is 2.91. The van der Waals surface area contributed by atoms with Crippen LogP contribution in [-0.2, 0) is 0 Å². The van der Waals surface area contributed by atoms with E-state index in [9.17, 15) is 0 Å². The van der Waals surface area contributed by atoms with E-state index in [1.165, 1.54) is 16.9 Å². The van der Waals surface area contributed by atoms with Gasteiger partial charge < -0.3 is 0 Å². The van der Waals surface area contributed by atoms with Crippen LogP contribution in [0.15, 0.2) is 11.4 Å². The third kappa shape index (κ3) is 2.60. The molecule has 0 fully saturated rings. The van der Waals surface area contributed by atoms with Gasteiger partial charge >= 0.3 is 0 Å². The molecule has 1 aromatic rings. The third-order valence-electron chi connectivity index (χ3n) is 2.11. The molecule has 0 bridgehead atoms. The van der Waals surface area contributed by atoms with Crippen molar-refractivity contribution in [1.29, 1.82) is 0 Å². The molecule has 12 heavy (non-hydrogen) atoms. The molecule has 68 valence electrons. The minimum absolute atomic E-state index is 0.617. The summed E-state index contributed by atoms with van der Waals surface area (Å²) in [5.41, 5.74) is 1.52. The van der Waals surface area contributed by atoms with E-state index >= 15 is 0 Å². The van der Waals surface area contributed by atoms with Gasteiger partial charge in [0.25, 0.3) is 0 Å². The predicted octanol–water partition coefficient (Wildman–Crippen LogP) is 4.33. The zero-order valence-electron chi connectivity index (χ0n) is 7.80. The second kappa shape index (κ2) is 4.43. The number of rotatable bonds is 3. The number of aryl methyl sites for hydroxylation is 1. The van der Waals surface area contributed by atoms with Crippen LogP contribution in [0.1, 0.15) is 36.6 Å². The first-order valence-electron chi connectivity index (χ1n) is 4.29. The Kier molecular flexibility index (Phi) is 3.78. The van der Waals surface area contributed by atoms with E-state index in [0.29, 0.717) is 10.7 Å². The molecule has 1 heterocycles. The Hall–Kier alpha value is 0.180. The predicted molar refractivity (Wildman–Crippen MR) is 60.5 cm³/mol. The molecule has 0 N–H and O–H groups in total. The largest absolute Gasteiger partial charge is 0.149 e. The van der Waals surface area contributed by atoms with Gasteiger partial charge in [0, 0.05) is 9.70 Å². The van der Waals surface area contributed by atoms with Gasteiger partial charge in [-0.2, -0.15) is 0 Å². The summed E-state index contributed by atoms with van der Waals surface area (Å²) < 4.78 is 0. The summed E-state index contributed by atoms with van der Waals surface area (Å²) in [6, 6.07) is 2.25. The SMILES string of the molecule is Cc1sccc1C(C)CC(C)Br. The summed E-state index contributed by atoms with van der Waals surface area (Å²) in [6.07, 6.45) is 1.22. The Morgan fingerprint density at radius 2 is 2.17 bits per heavy atom. The van der Waals surface area contributed by atoms with Gasteiger partial charge in [0.15, 0.2) is 0 Å². The highest BCUT2D eigenvalue weighted by Crippen LogP contribution is 2.28. The van der Waals surface area contributed by atoms with Crippen molar-refractivity contribution in [2.24, 2.45) is 0 Å². The van der Waals surface area contributed by atoms with E-state index in [1.807, 2.05) is 11.3 Å². The Morgan fingerprint density at radius 3 is 2.58 bits per heavy atom. The summed E-state index contributed by atoms with van der Waals surface area (Å²) in [6.45, 7) is 6.71. The minimum Gasteiger partial charge on any atom is -0.149 e. The van der Waals surface area contributed by atoms with Crippen molar-refractivity contribution in [3.63, 3.8) is 0 Å². The maximum Gasteiger partial charge on any atom is 0.0123 e. The number of hydrogen-bond donors (Lipinski definition) is 0. The van der Waals surface area contributed by atoms with E-state index in [1.54, 1.807) is 0 Å². The first kappa shape index (κ1) is 10.3. The van der Waals surface area contributed by atoms with Gasteiger partial charge in [-0.25, -0.2) is 0 Å². The zero-order valence-corrected chi connectivity index (χ0v) is 10.2. The highest BCUT2D eigenvalue weighted by molar-refractivity contribution is 9.09. The summed E-state index contributed by atoms with van der Waals surface area (Å²) in [5.74, 6) is 0.686. The summed E-state index contributed by atoms with van der Waals surface area (Å²) in [5, 5.41) is 2.18. The van der Waals surface area contributed by atoms with E-state index < -0.39 is 0 Å². The van der Waals surface area contributed by atoms with Gasteiger partial charge in [-0.05, 0) is 36.3 Å².